The summed E-state index contributed by atoms with van der Waals surface area (Å²) in [5, 5.41) is 109. The van der Waals surface area contributed by atoms with Crippen LogP contribution in [0.25, 0.3) is 21.6 Å². The Morgan fingerprint density at radius 3 is 2.11 bits per heavy atom. The largest absolute Gasteiger partial charge is 0.477 e. The molecule has 16 atom stereocenters. The van der Waals surface area contributed by atoms with Crippen LogP contribution in [0.3, 0.4) is 0 Å². The lowest BCUT2D eigenvalue weighted by Gasteiger charge is -2.48. The summed E-state index contributed by atoms with van der Waals surface area (Å²) < 4.78 is 34.1. The van der Waals surface area contributed by atoms with Crippen LogP contribution in [0.2, 0.25) is 0 Å². The Bertz CT molecular complexity index is 1960. The van der Waals surface area contributed by atoms with E-state index >= 15 is 0 Å². The van der Waals surface area contributed by atoms with Crippen molar-refractivity contribution in [2.75, 3.05) is 32.9 Å². The van der Waals surface area contributed by atoms with Crippen LogP contribution >= 0.6 is 0 Å². The van der Waals surface area contributed by atoms with Gasteiger partial charge in [-0.3, -0.25) is 14.4 Å². The molecule has 65 heavy (non-hydrogen) atoms. The molecule has 0 aliphatic carbocycles. The highest BCUT2D eigenvalue weighted by atomic mass is 16.8. The van der Waals surface area contributed by atoms with Crippen molar-refractivity contribution in [3.05, 3.63) is 70.6 Å². The number of nitrogens with one attached hydrogen (secondary N) is 3. The number of aliphatic hydroxyl groups is 8. The van der Waals surface area contributed by atoms with Gasteiger partial charge in [0.05, 0.1) is 38.1 Å². The maximum Gasteiger partial charge on any atom is 0.364 e. The summed E-state index contributed by atoms with van der Waals surface area (Å²) in [4.78, 5) is 52.7. The van der Waals surface area contributed by atoms with E-state index in [2.05, 4.69) is 26.0 Å². The van der Waals surface area contributed by atoms with Gasteiger partial charge in [0.15, 0.2) is 12.6 Å². The van der Waals surface area contributed by atoms with Gasteiger partial charge in [0.2, 0.25) is 11.8 Å². The van der Waals surface area contributed by atoms with Gasteiger partial charge in [-0.25, -0.2) is 4.79 Å². The number of carboxylic acids is 1. The lowest BCUT2D eigenvalue weighted by molar-refractivity contribution is -0.359. The number of carboxylic acid groups (broad SMARTS) is 1. The summed E-state index contributed by atoms with van der Waals surface area (Å²) >= 11 is 0. The zero-order chi connectivity index (χ0) is 47.6. The number of aliphatic carboxylic acids is 1. The summed E-state index contributed by atoms with van der Waals surface area (Å²) in [5.41, 5.74) is 10.5. The predicted octanol–water partition coefficient (Wildman–Crippen LogP) is -3.64. The van der Waals surface area contributed by atoms with E-state index in [1.807, 2.05) is 30.3 Å². The molecule has 3 saturated heterocycles. The Balaban J connectivity index is 1.29. The Labute approximate surface area is 370 Å². The number of amides is 3. The van der Waals surface area contributed by atoms with Crippen LogP contribution in [0.4, 0.5) is 0 Å². The number of nitrogens with zero attached hydrogens (tertiary/aromatic N) is 3. The molecule has 0 spiro atoms. The molecule has 12 N–H and O–H groups in total. The van der Waals surface area contributed by atoms with Crippen molar-refractivity contribution in [3.8, 4) is 11.1 Å². The molecule has 3 aliphatic heterocycles. The van der Waals surface area contributed by atoms with Gasteiger partial charge < -0.3 is 90.3 Å². The van der Waals surface area contributed by atoms with E-state index in [0.29, 0.717) is 0 Å². The lowest BCUT2D eigenvalue weighted by Crippen LogP contribution is -2.69. The summed E-state index contributed by atoms with van der Waals surface area (Å²) in [6.07, 6.45) is -25.0. The molecule has 3 aliphatic rings. The molecule has 3 heterocycles. The maximum absolute atomic E-state index is 13.0. The van der Waals surface area contributed by atoms with Gasteiger partial charge >= 0.3 is 5.97 Å². The monoisotopic (exact) mass is 922 g/mol. The second kappa shape index (κ2) is 23.0. The van der Waals surface area contributed by atoms with Crippen LogP contribution in [0.1, 0.15) is 30.6 Å². The smallest absolute Gasteiger partial charge is 0.364 e. The Hall–Kier alpha value is -4.93. The normalized spacial score (nSPS) is 33.4. The number of carbonyl (C=O) groups excluding carboxylic acids is 3. The fourth-order valence-corrected chi connectivity index (χ4v) is 7.59. The van der Waals surface area contributed by atoms with Gasteiger partial charge in [-0.1, -0.05) is 47.6 Å². The van der Waals surface area contributed by atoms with Crippen molar-refractivity contribution in [1.29, 1.82) is 0 Å². The number of aliphatic hydroxyl groups excluding tert-OH is 8. The zero-order valence-corrected chi connectivity index (χ0v) is 35.0. The van der Waals surface area contributed by atoms with E-state index in [9.17, 15) is 65.1 Å². The van der Waals surface area contributed by atoms with E-state index in [1.165, 1.54) is 0 Å². The zero-order valence-electron chi connectivity index (χ0n) is 35.0. The van der Waals surface area contributed by atoms with Crippen LogP contribution in [0.15, 0.2) is 59.7 Å². The SMILES string of the molecule is CC(=O)N[C@H]1[C@H](OCCN=[N+]=[N-])O[C@H](CO)[C@@H](O[C@@H]2O[C@H](CO[C@]3(C(=O)O)C[C@H](O)[C@@H](NC(C)=O)[C@H]([C@H](O)[C@H](O)CNC(=O)c4ccc(-c5ccccc5)cc4)O3)[C@H](O)[C@H](O)[C@H]2O)[C@@H]1O. The quantitative estimate of drug-likeness (QED) is 0.0280. The van der Waals surface area contributed by atoms with Crippen LogP contribution in [0, 0.1) is 0 Å². The average Bonchev–Trinajstić information content (AvgIpc) is 3.28. The van der Waals surface area contributed by atoms with E-state index in [0.717, 1.165) is 25.0 Å². The van der Waals surface area contributed by atoms with Crippen molar-refractivity contribution >= 4 is 23.7 Å². The molecular weight excluding hydrogens is 868 g/mol. The Kier molecular flexibility index (Phi) is 18.1. The third-order valence-electron chi connectivity index (χ3n) is 10.9. The van der Waals surface area contributed by atoms with E-state index in [1.54, 1.807) is 24.3 Å². The minimum absolute atomic E-state index is 0.160. The maximum atomic E-state index is 13.0. The topological polar surface area (TPSA) is 391 Å². The molecule has 3 fully saturated rings. The highest BCUT2D eigenvalue weighted by Gasteiger charge is 2.57. The number of azide groups is 1. The van der Waals surface area contributed by atoms with E-state index in [4.69, 9.17) is 34.0 Å². The molecule has 2 aromatic carbocycles. The lowest BCUT2D eigenvalue weighted by atomic mass is 9.88. The molecular formula is C40H54N6O19. The molecule has 0 aromatic heterocycles. The first-order chi connectivity index (χ1) is 30.9. The molecule has 358 valence electrons. The van der Waals surface area contributed by atoms with E-state index < -0.39 is 147 Å². The fourth-order valence-electron chi connectivity index (χ4n) is 7.59. The van der Waals surface area contributed by atoms with Crippen LogP contribution < -0.4 is 16.0 Å². The first kappa shape index (κ1) is 51.1. The van der Waals surface area contributed by atoms with Crippen molar-refractivity contribution in [3.63, 3.8) is 0 Å². The first-order valence-electron chi connectivity index (χ1n) is 20.4. The average molecular weight is 923 g/mol. The number of rotatable bonds is 19. The van der Waals surface area contributed by atoms with Crippen molar-refractivity contribution in [1.82, 2.24) is 16.0 Å². The first-order valence-corrected chi connectivity index (χ1v) is 20.4. The standard InChI is InChI=1S/C40H54N6O19/c1-18(48)44-27-23(50)14-40(39(58)59,65-35(27)29(52)24(51)15-42-36(57)22-10-8-21(9-11-22)20-6-4-3-5-7-20)61-17-26-30(53)32(55)33(56)38(63-26)64-34-25(16-47)62-37(60-13-12-43-46-41)28(31(34)54)45-19(2)49/h3-11,23-35,37-38,47,50-56H,12-17H2,1-2H3,(H,42,57)(H,44,48)(H,45,49)(H,58,59)/t23-,24+,25+,26+,27+,28+,29+,30-,31+,32-,33+,34+,35+,37+,38-,40+/m0/s1. The highest BCUT2D eigenvalue weighted by molar-refractivity contribution is 5.94. The molecule has 2 aromatic rings. The minimum Gasteiger partial charge on any atom is -0.477 e. The highest BCUT2D eigenvalue weighted by Crippen LogP contribution is 2.36. The summed E-state index contributed by atoms with van der Waals surface area (Å²) in [6, 6.07) is 12.9. The number of benzene rings is 2. The summed E-state index contributed by atoms with van der Waals surface area (Å²) in [5.74, 6) is -6.87. The molecule has 0 radical (unpaired) electrons. The molecule has 25 heteroatoms. The van der Waals surface area contributed by atoms with Gasteiger partial charge in [0.25, 0.3) is 11.7 Å². The van der Waals surface area contributed by atoms with Crippen molar-refractivity contribution in [2.45, 2.75) is 118 Å². The van der Waals surface area contributed by atoms with E-state index in [-0.39, 0.29) is 18.7 Å². The van der Waals surface area contributed by atoms with Gasteiger partial charge in [-0.15, -0.1) is 0 Å². The minimum atomic E-state index is -2.92. The van der Waals surface area contributed by atoms with Crippen molar-refractivity contribution < 1.29 is 93.6 Å². The molecule has 0 unspecified atom stereocenters. The number of ether oxygens (including phenoxy) is 6. The third kappa shape index (κ3) is 12.5. The Morgan fingerprint density at radius 1 is 0.862 bits per heavy atom. The number of hydrogen-bond donors (Lipinski definition) is 12. The predicted molar refractivity (Wildman–Crippen MR) is 217 cm³/mol. The van der Waals surface area contributed by atoms with Gasteiger partial charge in [0.1, 0.15) is 61.0 Å². The van der Waals surface area contributed by atoms with Gasteiger partial charge in [-0.2, -0.15) is 0 Å². The molecule has 0 bridgehead atoms. The van der Waals surface area contributed by atoms with Crippen LogP contribution in [-0.4, -0.2) is 200 Å². The van der Waals surface area contributed by atoms with Gasteiger partial charge in [0, 0.05) is 43.8 Å². The second-order valence-corrected chi connectivity index (χ2v) is 15.5. The second-order valence-electron chi connectivity index (χ2n) is 15.5. The van der Waals surface area contributed by atoms with Gasteiger partial charge in [-0.05, 0) is 28.8 Å². The molecule has 0 saturated carbocycles. The van der Waals surface area contributed by atoms with Crippen molar-refractivity contribution in [2.24, 2.45) is 5.11 Å². The molecule has 5 rings (SSSR count). The number of hydrogen-bond acceptors (Lipinski definition) is 19. The molecule has 3 amide bonds. The fraction of sp³-hybridized carbons (Fsp3) is 0.600. The molecule has 25 nitrogen and oxygen atoms in total. The Morgan fingerprint density at radius 2 is 1.49 bits per heavy atom. The third-order valence-corrected chi connectivity index (χ3v) is 10.9. The summed E-state index contributed by atoms with van der Waals surface area (Å²) in [6.45, 7) is -0.688. The van der Waals surface area contributed by atoms with Crippen LogP contribution in [0.5, 0.6) is 0 Å². The summed E-state index contributed by atoms with van der Waals surface area (Å²) in [7, 11) is 0. The van der Waals surface area contributed by atoms with Crippen LogP contribution in [-0.2, 0) is 42.8 Å². The number of carbonyl (C=O) groups is 4.